The van der Waals surface area contributed by atoms with Gasteiger partial charge in [0.25, 0.3) is 5.91 Å². The van der Waals surface area contributed by atoms with Crippen molar-refractivity contribution in [2.24, 2.45) is 0 Å². The Morgan fingerprint density at radius 1 is 1.09 bits per heavy atom. The van der Waals surface area contributed by atoms with E-state index in [1.807, 2.05) is 37.3 Å². The number of aliphatic hydroxyl groups is 1. The van der Waals surface area contributed by atoms with Gasteiger partial charge in [-0.05, 0) is 60.7 Å². The molecule has 0 fully saturated rings. The fourth-order valence-electron chi connectivity index (χ4n) is 2.37. The average molecular weight is 295 g/mol. The zero-order valence-electron chi connectivity index (χ0n) is 13.2. The van der Waals surface area contributed by atoms with Crippen molar-refractivity contribution in [1.29, 1.82) is 0 Å². The highest BCUT2D eigenvalue weighted by Crippen LogP contribution is 2.28. The molecule has 0 aliphatic rings. The second kappa shape index (κ2) is 6.94. The molecule has 0 bridgehead atoms. The van der Waals surface area contributed by atoms with Crippen LogP contribution in [0.3, 0.4) is 0 Å². The van der Waals surface area contributed by atoms with Gasteiger partial charge < -0.3 is 10.4 Å². The molecule has 0 aliphatic carbocycles. The fraction of sp³-hybridized carbons (Fsp3) is 0.211. The SMILES string of the molecule is CCNC(=O)/C(O)=C\c1ccc(C)c(-c2ccccc2C)c1. The number of hydrogen-bond acceptors (Lipinski definition) is 2. The number of benzene rings is 2. The number of likely N-dealkylation sites (N-methyl/N-ethyl adjacent to an activating group) is 1. The van der Waals surface area contributed by atoms with Crippen molar-refractivity contribution in [3.63, 3.8) is 0 Å². The molecule has 0 unspecified atom stereocenters. The Balaban J connectivity index is 2.42. The third-order valence-electron chi connectivity index (χ3n) is 3.57. The highest BCUT2D eigenvalue weighted by Gasteiger charge is 2.08. The largest absolute Gasteiger partial charge is 0.503 e. The fourth-order valence-corrected chi connectivity index (χ4v) is 2.37. The Labute approximate surface area is 131 Å². The molecule has 22 heavy (non-hydrogen) atoms. The van der Waals surface area contributed by atoms with Crippen LogP contribution in [-0.2, 0) is 4.79 Å². The van der Waals surface area contributed by atoms with Crippen LogP contribution in [0.5, 0.6) is 0 Å². The zero-order chi connectivity index (χ0) is 16.1. The molecule has 3 nitrogen and oxygen atoms in total. The van der Waals surface area contributed by atoms with Crippen molar-refractivity contribution in [2.75, 3.05) is 6.54 Å². The van der Waals surface area contributed by atoms with Crippen LogP contribution in [0.15, 0.2) is 48.2 Å². The lowest BCUT2D eigenvalue weighted by Crippen LogP contribution is -2.24. The number of carbonyl (C=O) groups is 1. The van der Waals surface area contributed by atoms with Crippen molar-refractivity contribution >= 4 is 12.0 Å². The Morgan fingerprint density at radius 2 is 1.77 bits per heavy atom. The highest BCUT2D eigenvalue weighted by molar-refractivity contribution is 5.95. The van der Waals surface area contributed by atoms with Gasteiger partial charge in [0.15, 0.2) is 5.76 Å². The van der Waals surface area contributed by atoms with Crippen LogP contribution >= 0.6 is 0 Å². The van der Waals surface area contributed by atoms with E-state index in [2.05, 4.69) is 31.3 Å². The Bertz CT molecular complexity index is 717. The summed E-state index contributed by atoms with van der Waals surface area (Å²) in [5.41, 5.74) is 5.42. The number of rotatable bonds is 4. The molecule has 3 heteroatoms. The lowest BCUT2D eigenvalue weighted by molar-refractivity contribution is -0.119. The second-order valence-electron chi connectivity index (χ2n) is 5.28. The zero-order valence-corrected chi connectivity index (χ0v) is 13.2. The minimum absolute atomic E-state index is 0.276. The van der Waals surface area contributed by atoms with Gasteiger partial charge in [0.1, 0.15) is 0 Å². The van der Waals surface area contributed by atoms with Crippen LogP contribution in [0.25, 0.3) is 17.2 Å². The second-order valence-corrected chi connectivity index (χ2v) is 5.28. The standard InChI is InChI=1S/C19H21NO2/c1-4-20-19(22)18(21)12-15-10-9-14(3)17(11-15)16-8-6-5-7-13(16)2/h5-12,21H,4H2,1-3H3,(H,20,22)/b18-12+. The maximum atomic E-state index is 11.6. The third-order valence-corrected chi connectivity index (χ3v) is 3.57. The van der Waals surface area contributed by atoms with E-state index in [0.29, 0.717) is 6.54 Å². The number of nitrogens with one attached hydrogen (secondary N) is 1. The highest BCUT2D eigenvalue weighted by atomic mass is 16.3. The summed E-state index contributed by atoms with van der Waals surface area (Å²) in [4.78, 5) is 11.6. The summed E-state index contributed by atoms with van der Waals surface area (Å²) in [6, 6.07) is 14.1. The Morgan fingerprint density at radius 3 is 2.45 bits per heavy atom. The molecule has 2 N–H and O–H groups in total. The first-order valence-electron chi connectivity index (χ1n) is 7.38. The molecular formula is C19H21NO2. The van der Waals surface area contributed by atoms with E-state index < -0.39 is 5.91 Å². The molecule has 0 aromatic heterocycles. The summed E-state index contributed by atoms with van der Waals surface area (Å²) in [5.74, 6) is -0.734. The summed E-state index contributed by atoms with van der Waals surface area (Å²) in [6.45, 7) is 6.43. The van der Waals surface area contributed by atoms with Gasteiger partial charge in [0, 0.05) is 6.54 Å². The molecule has 1 amide bonds. The Hall–Kier alpha value is -2.55. The molecule has 0 heterocycles. The molecule has 0 radical (unpaired) electrons. The van der Waals surface area contributed by atoms with E-state index in [9.17, 15) is 9.90 Å². The van der Waals surface area contributed by atoms with E-state index in [-0.39, 0.29) is 5.76 Å². The van der Waals surface area contributed by atoms with Crippen LogP contribution in [0.1, 0.15) is 23.6 Å². The van der Waals surface area contributed by atoms with E-state index in [1.54, 1.807) is 0 Å². The predicted molar refractivity (Wildman–Crippen MR) is 90.6 cm³/mol. The van der Waals surface area contributed by atoms with Gasteiger partial charge in [0.05, 0.1) is 0 Å². The quantitative estimate of drug-likeness (QED) is 0.661. The van der Waals surface area contributed by atoms with E-state index in [1.165, 1.54) is 11.6 Å². The average Bonchev–Trinajstić information content (AvgIpc) is 2.50. The molecule has 0 saturated heterocycles. The lowest BCUT2D eigenvalue weighted by atomic mass is 9.95. The number of aryl methyl sites for hydroxylation is 2. The van der Waals surface area contributed by atoms with Crippen LogP contribution in [0, 0.1) is 13.8 Å². The van der Waals surface area contributed by atoms with Crippen LogP contribution < -0.4 is 5.32 Å². The maximum Gasteiger partial charge on any atom is 0.286 e. The van der Waals surface area contributed by atoms with Gasteiger partial charge in [-0.3, -0.25) is 4.79 Å². The van der Waals surface area contributed by atoms with Gasteiger partial charge >= 0.3 is 0 Å². The van der Waals surface area contributed by atoms with Crippen molar-refractivity contribution in [2.45, 2.75) is 20.8 Å². The lowest BCUT2D eigenvalue weighted by Gasteiger charge is -2.10. The number of aliphatic hydroxyl groups excluding tert-OH is 1. The predicted octanol–water partition coefficient (Wildman–Crippen LogP) is 4.01. The molecule has 2 aromatic carbocycles. The minimum Gasteiger partial charge on any atom is -0.503 e. The van der Waals surface area contributed by atoms with Crippen LogP contribution in [0.2, 0.25) is 0 Å². The molecule has 2 rings (SSSR count). The molecule has 2 aromatic rings. The van der Waals surface area contributed by atoms with Crippen molar-refractivity contribution in [3.8, 4) is 11.1 Å². The van der Waals surface area contributed by atoms with Crippen molar-refractivity contribution in [3.05, 3.63) is 64.9 Å². The number of carbonyl (C=O) groups excluding carboxylic acids is 1. The normalized spacial score (nSPS) is 11.3. The molecule has 0 spiro atoms. The molecular weight excluding hydrogens is 274 g/mol. The molecule has 0 atom stereocenters. The van der Waals surface area contributed by atoms with E-state index >= 15 is 0 Å². The summed E-state index contributed by atoms with van der Waals surface area (Å²) in [5, 5.41) is 12.4. The van der Waals surface area contributed by atoms with Crippen molar-refractivity contribution < 1.29 is 9.90 Å². The van der Waals surface area contributed by atoms with Gasteiger partial charge in [-0.2, -0.15) is 0 Å². The van der Waals surface area contributed by atoms with Gasteiger partial charge in [-0.25, -0.2) is 0 Å². The minimum atomic E-state index is -0.458. The van der Waals surface area contributed by atoms with Gasteiger partial charge in [-0.1, -0.05) is 36.4 Å². The first kappa shape index (κ1) is 15.8. The first-order chi connectivity index (χ1) is 10.5. The topological polar surface area (TPSA) is 49.3 Å². The smallest absolute Gasteiger partial charge is 0.286 e. The monoisotopic (exact) mass is 295 g/mol. The van der Waals surface area contributed by atoms with Crippen LogP contribution in [0.4, 0.5) is 0 Å². The molecule has 0 aliphatic heterocycles. The van der Waals surface area contributed by atoms with Gasteiger partial charge in [0.2, 0.25) is 0 Å². The number of hydrogen-bond donors (Lipinski definition) is 2. The Kier molecular flexibility index (Phi) is 4.99. The number of amides is 1. The summed E-state index contributed by atoms with van der Waals surface area (Å²) in [7, 11) is 0. The van der Waals surface area contributed by atoms with E-state index in [4.69, 9.17) is 0 Å². The third kappa shape index (κ3) is 3.55. The maximum absolute atomic E-state index is 11.6. The first-order valence-corrected chi connectivity index (χ1v) is 7.38. The molecule has 0 saturated carbocycles. The molecule has 114 valence electrons. The van der Waals surface area contributed by atoms with Crippen molar-refractivity contribution in [1.82, 2.24) is 5.32 Å². The van der Waals surface area contributed by atoms with Gasteiger partial charge in [-0.15, -0.1) is 0 Å². The van der Waals surface area contributed by atoms with E-state index in [0.717, 1.165) is 22.3 Å². The summed E-state index contributed by atoms with van der Waals surface area (Å²) >= 11 is 0. The summed E-state index contributed by atoms with van der Waals surface area (Å²) in [6.07, 6.45) is 1.49. The van der Waals surface area contributed by atoms with Crippen LogP contribution in [-0.4, -0.2) is 17.6 Å². The summed E-state index contributed by atoms with van der Waals surface area (Å²) < 4.78 is 0.